The fourth-order valence-electron chi connectivity index (χ4n) is 1.47. The van der Waals surface area contributed by atoms with Crippen LogP contribution in [0.2, 0.25) is 5.02 Å². The zero-order valence-corrected chi connectivity index (χ0v) is 13.0. The number of esters is 1. The molecular weight excluding hydrogens is 312 g/mol. The lowest BCUT2D eigenvalue weighted by Gasteiger charge is -2.10. The highest BCUT2D eigenvalue weighted by atomic mass is 35.5. The van der Waals surface area contributed by atoms with Crippen molar-refractivity contribution in [3.05, 3.63) is 28.8 Å². The van der Waals surface area contributed by atoms with Crippen molar-refractivity contribution in [1.29, 1.82) is 0 Å². The van der Waals surface area contributed by atoms with Gasteiger partial charge in [0.2, 0.25) is 5.91 Å². The molecule has 0 spiro atoms. The van der Waals surface area contributed by atoms with Crippen LogP contribution >= 0.6 is 11.6 Å². The molecule has 22 heavy (non-hydrogen) atoms. The molecule has 8 heteroatoms. The van der Waals surface area contributed by atoms with Crippen LogP contribution in [-0.2, 0) is 19.1 Å². The molecule has 120 valence electrons. The molecule has 1 aromatic carbocycles. The average molecular weight is 329 g/mol. The van der Waals surface area contributed by atoms with Crippen LogP contribution in [0.25, 0.3) is 0 Å². The molecule has 0 heterocycles. The Morgan fingerprint density at radius 1 is 1.14 bits per heavy atom. The van der Waals surface area contributed by atoms with Crippen molar-refractivity contribution < 1.29 is 23.9 Å². The number of carbonyl (C=O) groups is 3. The van der Waals surface area contributed by atoms with Crippen LogP contribution in [0.4, 0.5) is 0 Å². The predicted molar refractivity (Wildman–Crippen MR) is 79.2 cm³/mol. The molecule has 0 atom stereocenters. The van der Waals surface area contributed by atoms with E-state index in [0.29, 0.717) is 10.8 Å². The summed E-state index contributed by atoms with van der Waals surface area (Å²) in [4.78, 5) is 33.7. The molecule has 0 saturated carbocycles. The van der Waals surface area contributed by atoms with E-state index in [1.165, 1.54) is 7.11 Å². The number of carbonyl (C=O) groups excluding carboxylic acids is 3. The first-order valence-corrected chi connectivity index (χ1v) is 6.83. The quantitative estimate of drug-likeness (QED) is 0.603. The third-order valence-electron chi connectivity index (χ3n) is 2.62. The highest BCUT2D eigenvalue weighted by Gasteiger charge is 2.09. The van der Waals surface area contributed by atoms with Crippen molar-refractivity contribution >= 4 is 29.4 Å². The van der Waals surface area contributed by atoms with Gasteiger partial charge in [0.25, 0.3) is 5.91 Å². The smallest absolute Gasteiger partial charge is 0.306 e. The lowest BCUT2D eigenvalue weighted by atomic mass is 10.2. The Morgan fingerprint density at radius 2 is 1.82 bits per heavy atom. The molecule has 0 aliphatic heterocycles. The van der Waals surface area contributed by atoms with Crippen LogP contribution in [-0.4, -0.2) is 31.5 Å². The zero-order chi connectivity index (χ0) is 16.5. The minimum absolute atomic E-state index is 0.0569. The Labute approximate surface area is 132 Å². The summed E-state index contributed by atoms with van der Waals surface area (Å²) in [7, 11) is 1.23. The number of rotatable bonds is 6. The second-order valence-corrected chi connectivity index (χ2v) is 4.81. The van der Waals surface area contributed by atoms with Crippen molar-refractivity contribution in [2.24, 2.45) is 0 Å². The van der Waals surface area contributed by atoms with E-state index >= 15 is 0 Å². The Kier molecular flexibility index (Phi) is 7.18. The van der Waals surface area contributed by atoms with E-state index in [-0.39, 0.29) is 19.4 Å². The van der Waals surface area contributed by atoms with Gasteiger partial charge in [0.1, 0.15) is 5.75 Å². The summed E-state index contributed by atoms with van der Waals surface area (Å²) in [5.41, 5.74) is 5.15. The van der Waals surface area contributed by atoms with E-state index in [0.717, 1.165) is 5.56 Å². The summed E-state index contributed by atoms with van der Waals surface area (Å²) >= 11 is 5.81. The SMILES string of the molecule is COC(=O)CCC(=O)NNC(=O)COc1ccc(Cl)cc1C. The number of nitrogens with one attached hydrogen (secondary N) is 2. The van der Waals surface area contributed by atoms with Crippen molar-refractivity contribution in [2.75, 3.05) is 13.7 Å². The molecule has 1 rings (SSSR count). The molecule has 0 bridgehead atoms. The largest absolute Gasteiger partial charge is 0.483 e. The number of hydrazine groups is 1. The van der Waals surface area contributed by atoms with Crippen LogP contribution < -0.4 is 15.6 Å². The van der Waals surface area contributed by atoms with Crippen molar-refractivity contribution in [3.63, 3.8) is 0 Å². The maximum Gasteiger partial charge on any atom is 0.306 e. The lowest BCUT2D eigenvalue weighted by molar-refractivity contribution is -0.142. The number of amides is 2. The van der Waals surface area contributed by atoms with E-state index in [9.17, 15) is 14.4 Å². The number of halogens is 1. The second-order valence-electron chi connectivity index (χ2n) is 4.37. The minimum atomic E-state index is -0.527. The van der Waals surface area contributed by atoms with Gasteiger partial charge in [-0.1, -0.05) is 11.6 Å². The first-order valence-electron chi connectivity index (χ1n) is 6.46. The van der Waals surface area contributed by atoms with Gasteiger partial charge in [-0.15, -0.1) is 0 Å². The fourth-order valence-corrected chi connectivity index (χ4v) is 1.70. The summed E-state index contributed by atoms with van der Waals surface area (Å²) in [5, 5.41) is 0.576. The molecule has 2 N–H and O–H groups in total. The van der Waals surface area contributed by atoms with E-state index in [4.69, 9.17) is 16.3 Å². The molecule has 0 aliphatic rings. The average Bonchev–Trinajstić information content (AvgIpc) is 2.49. The maximum absolute atomic E-state index is 11.5. The summed E-state index contributed by atoms with van der Waals surface area (Å²) in [6.07, 6.45) is -0.136. The Hall–Kier alpha value is -2.28. The summed E-state index contributed by atoms with van der Waals surface area (Å²) in [6.45, 7) is 1.54. The lowest BCUT2D eigenvalue weighted by Crippen LogP contribution is -2.43. The fraction of sp³-hybridized carbons (Fsp3) is 0.357. The van der Waals surface area contributed by atoms with Crippen LogP contribution in [0.3, 0.4) is 0 Å². The first-order chi connectivity index (χ1) is 10.4. The van der Waals surface area contributed by atoms with E-state index < -0.39 is 17.8 Å². The van der Waals surface area contributed by atoms with Gasteiger partial charge < -0.3 is 9.47 Å². The molecule has 0 aromatic heterocycles. The van der Waals surface area contributed by atoms with E-state index in [2.05, 4.69) is 15.6 Å². The van der Waals surface area contributed by atoms with Crippen molar-refractivity contribution in [2.45, 2.75) is 19.8 Å². The van der Waals surface area contributed by atoms with E-state index in [1.54, 1.807) is 25.1 Å². The maximum atomic E-state index is 11.5. The van der Waals surface area contributed by atoms with Gasteiger partial charge in [-0.2, -0.15) is 0 Å². The van der Waals surface area contributed by atoms with Crippen molar-refractivity contribution in [3.8, 4) is 5.75 Å². The number of benzene rings is 1. The van der Waals surface area contributed by atoms with Gasteiger partial charge in [0, 0.05) is 11.4 Å². The second kappa shape index (κ2) is 8.89. The predicted octanol–water partition coefficient (Wildman–Crippen LogP) is 1.13. The third kappa shape index (κ3) is 6.45. The highest BCUT2D eigenvalue weighted by molar-refractivity contribution is 6.30. The number of hydrogen-bond donors (Lipinski definition) is 2. The van der Waals surface area contributed by atoms with Gasteiger partial charge in [0.05, 0.1) is 13.5 Å². The molecule has 0 fully saturated rings. The summed E-state index contributed by atoms with van der Waals surface area (Å²) in [6, 6.07) is 5.01. The Morgan fingerprint density at radius 3 is 2.45 bits per heavy atom. The van der Waals surface area contributed by atoms with Crippen LogP contribution in [0.1, 0.15) is 18.4 Å². The normalized spacial score (nSPS) is 9.77. The molecule has 0 aliphatic carbocycles. The Balaban J connectivity index is 2.28. The monoisotopic (exact) mass is 328 g/mol. The first kappa shape index (κ1) is 17.8. The van der Waals surface area contributed by atoms with Gasteiger partial charge in [0.15, 0.2) is 6.61 Å². The molecule has 0 unspecified atom stereocenters. The summed E-state index contributed by atoms with van der Waals surface area (Å²) < 4.78 is 9.70. The summed E-state index contributed by atoms with van der Waals surface area (Å²) in [5.74, 6) is -0.998. The molecule has 7 nitrogen and oxygen atoms in total. The van der Waals surface area contributed by atoms with Crippen LogP contribution in [0.5, 0.6) is 5.75 Å². The molecule has 0 radical (unpaired) electrons. The third-order valence-corrected chi connectivity index (χ3v) is 2.86. The topological polar surface area (TPSA) is 93.7 Å². The van der Waals surface area contributed by atoms with Crippen LogP contribution in [0.15, 0.2) is 18.2 Å². The Bertz CT molecular complexity index is 562. The molecule has 2 amide bonds. The van der Waals surface area contributed by atoms with Crippen LogP contribution in [0, 0.1) is 6.92 Å². The van der Waals surface area contributed by atoms with Gasteiger partial charge >= 0.3 is 5.97 Å². The number of ether oxygens (including phenoxy) is 2. The molecular formula is C14H17ClN2O5. The molecule has 0 saturated heterocycles. The van der Waals surface area contributed by atoms with Gasteiger partial charge in [-0.25, -0.2) is 0 Å². The van der Waals surface area contributed by atoms with Crippen molar-refractivity contribution in [1.82, 2.24) is 10.9 Å². The number of aryl methyl sites for hydroxylation is 1. The number of methoxy groups -OCH3 is 1. The standard InChI is InChI=1S/C14H17ClN2O5/c1-9-7-10(15)3-4-11(9)22-8-13(19)17-16-12(18)5-6-14(20)21-2/h3-4,7H,5-6,8H2,1-2H3,(H,16,18)(H,17,19). The minimum Gasteiger partial charge on any atom is -0.483 e. The van der Waals surface area contributed by atoms with Gasteiger partial charge in [-0.05, 0) is 30.7 Å². The van der Waals surface area contributed by atoms with Gasteiger partial charge in [-0.3, -0.25) is 25.2 Å². The molecule has 1 aromatic rings. The highest BCUT2D eigenvalue weighted by Crippen LogP contribution is 2.21. The van der Waals surface area contributed by atoms with E-state index in [1.807, 2.05) is 0 Å². The number of hydrogen-bond acceptors (Lipinski definition) is 5. The zero-order valence-electron chi connectivity index (χ0n) is 12.3.